The molecule has 0 radical (unpaired) electrons. The molecule has 1 aliphatic heterocycles. The molecule has 1 saturated heterocycles. The maximum Gasteiger partial charge on any atom is 0.170 e. The summed E-state index contributed by atoms with van der Waals surface area (Å²) >= 11 is 0. The number of hydrogen-bond donors (Lipinski definition) is 0. The molecule has 1 rings (SSSR count). The summed E-state index contributed by atoms with van der Waals surface area (Å²) in [7, 11) is 0. The SMILES string of the molecule is CCCN1CCO[C@@H](OC(C)(C)C)C1. The highest BCUT2D eigenvalue weighted by atomic mass is 16.7. The lowest BCUT2D eigenvalue weighted by molar-refractivity contribution is -0.221. The summed E-state index contributed by atoms with van der Waals surface area (Å²) in [5.41, 5.74) is -0.111. The van der Waals surface area contributed by atoms with E-state index in [0.29, 0.717) is 0 Å². The Balaban J connectivity index is 2.32. The van der Waals surface area contributed by atoms with E-state index in [1.165, 1.54) is 6.42 Å². The Morgan fingerprint density at radius 2 is 2.14 bits per heavy atom. The van der Waals surface area contributed by atoms with Crippen LogP contribution in [-0.2, 0) is 9.47 Å². The first kappa shape index (κ1) is 12.0. The van der Waals surface area contributed by atoms with Crippen molar-refractivity contribution in [3.05, 3.63) is 0 Å². The Hall–Kier alpha value is -0.120. The molecule has 3 heteroatoms. The third-order valence-corrected chi connectivity index (χ3v) is 2.14. The zero-order valence-corrected chi connectivity index (χ0v) is 9.88. The first-order chi connectivity index (χ1) is 6.51. The minimum atomic E-state index is -0.111. The molecule has 0 spiro atoms. The number of hydrogen-bond acceptors (Lipinski definition) is 3. The van der Waals surface area contributed by atoms with E-state index >= 15 is 0 Å². The van der Waals surface area contributed by atoms with Crippen LogP contribution < -0.4 is 0 Å². The number of nitrogens with zero attached hydrogens (tertiary/aromatic N) is 1. The fourth-order valence-corrected chi connectivity index (χ4v) is 1.65. The molecule has 14 heavy (non-hydrogen) atoms. The van der Waals surface area contributed by atoms with E-state index in [9.17, 15) is 0 Å². The van der Waals surface area contributed by atoms with Crippen molar-refractivity contribution in [2.45, 2.75) is 46.0 Å². The number of rotatable bonds is 3. The molecule has 3 nitrogen and oxygen atoms in total. The van der Waals surface area contributed by atoms with Gasteiger partial charge < -0.3 is 9.47 Å². The fraction of sp³-hybridized carbons (Fsp3) is 1.00. The van der Waals surface area contributed by atoms with Gasteiger partial charge in [-0.15, -0.1) is 0 Å². The second-order valence-corrected chi connectivity index (χ2v) is 4.83. The van der Waals surface area contributed by atoms with Gasteiger partial charge in [-0.05, 0) is 33.7 Å². The van der Waals surface area contributed by atoms with Crippen LogP contribution in [0.15, 0.2) is 0 Å². The van der Waals surface area contributed by atoms with Crippen LogP contribution in [-0.4, -0.2) is 43.0 Å². The third-order valence-electron chi connectivity index (χ3n) is 2.14. The van der Waals surface area contributed by atoms with E-state index in [0.717, 1.165) is 26.2 Å². The predicted octanol–water partition coefficient (Wildman–Crippen LogP) is 1.87. The Bertz CT molecular complexity index is 163. The van der Waals surface area contributed by atoms with Crippen LogP contribution in [0.25, 0.3) is 0 Å². The highest BCUT2D eigenvalue weighted by Gasteiger charge is 2.24. The molecular formula is C11H23NO2. The molecule has 0 aromatic heterocycles. The van der Waals surface area contributed by atoms with Crippen molar-refractivity contribution in [2.75, 3.05) is 26.2 Å². The summed E-state index contributed by atoms with van der Waals surface area (Å²) < 4.78 is 11.4. The van der Waals surface area contributed by atoms with Crippen LogP contribution in [0.2, 0.25) is 0 Å². The molecule has 1 fully saturated rings. The zero-order chi connectivity index (χ0) is 10.6. The van der Waals surface area contributed by atoms with Crippen LogP contribution in [0.5, 0.6) is 0 Å². The Morgan fingerprint density at radius 1 is 1.43 bits per heavy atom. The van der Waals surface area contributed by atoms with Crippen molar-refractivity contribution < 1.29 is 9.47 Å². The van der Waals surface area contributed by atoms with Crippen molar-refractivity contribution >= 4 is 0 Å². The summed E-state index contributed by atoms with van der Waals surface area (Å²) in [6.45, 7) is 12.3. The molecule has 0 aromatic rings. The van der Waals surface area contributed by atoms with Gasteiger partial charge in [0.05, 0.1) is 12.2 Å². The quantitative estimate of drug-likeness (QED) is 0.696. The second-order valence-electron chi connectivity index (χ2n) is 4.83. The van der Waals surface area contributed by atoms with Gasteiger partial charge in [0.15, 0.2) is 6.29 Å². The number of ether oxygens (including phenoxy) is 2. The first-order valence-corrected chi connectivity index (χ1v) is 5.53. The van der Waals surface area contributed by atoms with Gasteiger partial charge >= 0.3 is 0 Å². The summed E-state index contributed by atoms with van der Waals surface area (Å²) in [5.74, 6) is 0. The van der Waals surface area contributed by atoms with Crippen molar-refractivity contribution in [3.63, 3.8) is 0 Å². The molecular weight excluding hydrogens is 178 g/mol. The van der Waals surface area contributed by atoms with E-state index in [2.05, 4.69) is 32.6 Å². The summed E-state index contributed by atoms with van der Waals surface area (Å²) in [5, 5.41) is 0. The minimum Gasteiger partial charge on any atom is -0.350 e. The lowest BCUT2D eigenvalue weighted by Gasteiger charge is -2.35. The van der Waals surface area contributed by atoms with Crippen LogP contribution in [0, 0.1) is 0 Å². The Labute approximate surface area is 87.4 Å². The van der Waals surface area contributed by atoms with Gasteiger partial charge in [0.25, 0.3) is 0 Å². The van der Waals surface area contributed by atoms with E-state index in [1.54, 1.807) is 0 Å². The highest BCUT2D eigenvalue weighted by molar-refractivity contribution is 4.68. The van der Waals surface area contributed by atoms with E-state index in [-0.39, 0.29) is 11.9 Å². The zero-order valence-electron chi connectivity index (χ0n) is 9.88. The molecule has 0 unspecified atom stereocenters. The molecule has 1 aliphatic rings. The van der Waals surface area contributed by atoms with E-state index in [1.807, 2.05) is 0 Å². The van der Waals surface area contributed by atoms with Gasteiger partial charge in [0, 0.05) is 13.1 Å². The average molecular weight is 201 g/mol. The summed E-state index contributed by atoms with van der Waals surface area (Å²) in [4.78, 5) is 2.40. The van der Waals surface area contributed by atoms with E-state index < -0.39 is 0 Å². The van der Waals surface area contributed by atoms with Crippen LogP contribution in [0.3, 0.4) is 0 Å². The number of morpholine rings is 1. The van der Waals surface area contributed by atoms with Crippen molar-refractivity contribution in [1.29, 1.82) is 0 Å². The predicted molar refractivity (Wildman–Crippen MR) is 57.3 cm³/mol. The molecule has 0 amide bonds. The topological polar surface area (TPSA) is 21.7 Å². The third kappa shape index (κ3) is 4.40. The Kier molecular flexibility index (Phi) is 4.35. The molecule has 1 atom stereocenters. The molecule has 0 bridgehead atoms. The fourth-order valence-electron chi connectivity index (χ4n) is 1.65. The molecule has 0 N–H and O–H groups in total. The monoisotopic (exact) mass is 201 g/mol. The van der Waals surface area contributed by atoms with E-state index in [4.69, 9.17) is 9.47 Å². The standard InChI is InChI=1S/C11H23NO2/c1-5-6-12-7-8-13-10(9-12)14-11(2,3)4/h10H,5-9H2,1-4H3/t10-/m0/s1. The molecule has 84 valence electrons. The molecule has 0 aliphatic carbocycles. The lowest BCUT2D eigenvalue weighted by atomic mass is 10.2. The van der Waals surface area contributed by atoms with Crippen LogP contribution in [0.4, 0.5) is 0 Å². The maximum absolute atomic E-state index is 5.79. The highest BCUT2D eigenvalue weighted by Crippen LogP contribution is 2.15. The molecule has 0 aromatic carbocycles. The van der Waals surface area contributed by atoms with Crippen molar-refractivity contribution in [2.24, 2.45) is 0 Å². The van der Waals surface area contributed by atoms with Gasteiger partial charge in [0.2, 0.25) is 0 Å². The smallest absolute Gasteiger partial charge is 0.170 e. The van der Waals surface area contributed by atoms with Crippen molar-refractivity contribution in [1.82, 2.24) is 4.90 Å². The largest absolute Gasteiger partial charge is 0.350 e. The van der Waals surface area contributed by atoms with Gasteiger partial charge in [-0.25, -0.2) is 0 Å². The average Bonchev–Trinajstić information content (AvgIpc) is 2.02. The first-order valence-electron chi connectivity index (χ1n) is 5.53. The van der Waals surface area contributed by atoms with Crippen LogP contribution >= 0.6 is 0 Å². The van der Waals surface area contributed by atoms with Gasteiger partial charge in [0.1, 0.15) is 0 Å². The lowest BCUT2D eigenvalue weighted by Crippen LogP contribution is -2.46. The van der Waals surface area contributed by atoms with Gasteiger partial charge in [-0.1, -0.05) is 6.92 Å². The van der Waals surface area contributed by atoms with Crippen LogP contribution in [0.1, 0.15) is 34.1 Å². The summed E-state index contributed by atoms with van der Waals surface area (Å²) in [6.07, 6.45) is 1.15. The molecule has 1 heterocycles. The second kappa shape index (κ2) is 5.10. The normalized spacial score (nSPS) is 25.3. The maximum atomic E-state index is 5.79. The minimum absolute atomic E-state index is 0.0460. The van der Waals surface area contributed by atoms with Gasteiger partial charge in [-0.3, -0.25) is 4.90 Å². The van der Waals surface area contributed by atoms with Crippen molar-refractivity contribution in [3.8, 4) is 0 Å². The summed E-state index contributed by atoms with van der Waals surface area (Å²) in [6, 6.07) is 0. The van der Waals surface area contributed by atoms with Gasteiger partial charge in [-0.2, -0.15) is 0 Å². The Morgan fingerprint density at radius 3 is 2.71 bits per heavy atom. The molecule has 0 saturated carbocycles.